The Morgan fingerprint density at radius 3 is 3.00 bits per heavy atom. The number of amides is 1. The normalized spacial score (nSPS) is 31.1. The summed E-state index contributed by atoms with van der Waals surface area (Å²) in [5.74, 6) is 0.198. The fraction of sp³-hybridized carbons (Fsp3) is 0.909. The van der Waals surface area contributed by atoms with E-state index in [-0.39, 0.29) is 11.5 Å². The maximum atomic E-state index is 11.7. The van der Waals surface area contributed by atoms with Crippen LogP contribution in [0.4, 0.5) is 0 Å². The molecule has 1 N–H and O–H groups in total. The van der Waals surface area contributed by atoms with E-state index < -0.39 is 0 Å². The molecule has 1 unspecified atom stereocenters. The van der Waals surface area contributed by atoms with Gasteiger partial charge in [0.2, 0.25) is 5.91 Å². The van der Waals surface area contributed by atoms with Crippen molar-refractivity contribution in [3.8, 4) is 0 Å². The summed E-state index contributed by atoms with van der Waals surface area (Å²) in [6, 6.07) is 0. The quantitative estimate of drug-likeness (QED) is 0.719. The van der Waals surface area contributed by atoms with Gasteiger partial charge in [0.15, 0.2) is 0 Å². The highest BCUT2D eigenvalue weighted by molar-refractivity contribution is 5.78. The number of hydrogen-bond acceptors (Lipinski definition) is 3. The molecule has 2 heterocycles. The number of carbonyl (C=O) groups is 1. The second-order valence-corrected chi connectivity index (χ2v) is 4.58. The molecule has 0 bridgehead atoms. The van der Waals surface area contributed by atoms with Crippen LogP contribution in [0.3, 0.4) is 0 Å². The van der Waals surface area contributed by atoms with Crippen LogP contribution in [0.2, 0.25) is 0 Å². The molecule has 2 rings (SSSR count). The van der Waals surface area contributed by atoms with E-state index in [1.165, 1.54) is 12.8 Å². The third-order valence-electron chi connectivity index (χ3n) is 3.43. The van der Waals surface area contributed by atoms with E-state index in [2.05, 4.69) is 5.32 Å². The lowest BCUT2D eigenvalue weighted by Crippen LogP contribution is -2.42. The number of likely N-dealkylation sites (tertiary alicyclic amines) is 1. The summed E-state index contributed by atoms with van der Waals surface area (Å²) >= 11 is 0. The molecule has 0 aromatic rings. The van der Waals surface area contributed by atoms with E-state index in [4.69, 9.17) is 4.74 Å². The van der Waals surface area contributed by atoms with Crippen LogP contribution in [0.15, 0.2) is 0 Å². The van der Waals surface area contributed by atoms with Crippen LogP contribution >= 0.6 is 0 Å². The fourth-order valence-electron chi connectivity index (χ4n) is 2.55. The molecule has 1 spiro atoms. The molecule has 86 valence electrons. The number of likely N-dealkylation sites (N-methyl/N-ethyl adjacent to an activating group) is 1. The molecule has 1 amide bonds. The van der Waals surface area contributed by atoms with Crippen molar-refractivity contribution in [2.24, 2.45) is 0 Å². The van der Waals surface area contributed by atoms with Gasteiger partial charge in [0, 0.05) is 19.7 Å². The monoisotopic (exact) mass is 212 g/mol. The van der Waals surface area contributed by atoms with Gasteiger partial charge in [0.25, 0.3) is 0 Å². The summed E-state index contributed by atoms with van der Waals surface area (Å²) in [5, 5.41) is 2.90. The molecule has 4 heteroatoms. The van der Waals surface area contributed by atoms with Gasteiger partial charge >= 0.3 is 0 Å². The van der Waals surface area contributed by atoms with Crippen LogP contribution in [0, 0.1) is 0 Å². The van der Waals surface area contributed by atoms with Crippen LogP contribution in [0.1, 0.15) is 25.7 Å². The minimum Gasteiger partial charge on any atom is -0.373 e. The molecule has 15 heavy (non-hydrogen) atoms. The molecule has 2 saturated heterocycles. The first kappa shape index (κ1) is 10.9. The van der Waals surface area contributed by atoms with Crippen molar-refractivity contribution in [2.45, 2.75) is 31.3 Å². The van der Waals surface area contributed by atoms with Crippen LogP contribution in [-0.2, 0) is 9.53 Å². The lowest BCUT2D eigenvalue weighted by Gasteiger charge is -2.33. The van der Waals surface area contributed by atoms with Gasteiger partial charge < -0.3 is 15.0 Å². The average Bonchev–Trinajstić information content (AvgIpc) is 2.64. The van der Waals surface area contributed by atoms with Gasteiger partial charge in [-0.3, -0.25) is 4.79 Å². The molecule has 2 aliphatic heterocycles. The highest BCUT2D eigenvalue weighted by Crippen LogP contribution is 2.33. The molecule has 0 aromatic heterocycles. The SMILES string of the molecule is CNCC(=O)N1CCC2(CCCCO2)C1. The van der Waals surface area contributed by atoms with E-state index in [9.17, 15) is 4.79 Å². The third kappa shape index (κ3) is 2.32. The first-order valence-electron chi connectivity index (χ1n) is 5.82. The summed E-state index contributed by atoms with van der Waals surface area (Å²) in [6.07, 6.45) is 4.55. The Balaban J connectivity index is 1.90. The van der Waals surface area contributed by atoms with Gasteiger partial charge in [0.1, 0.15) is 0 Å². The first-order chi connectivity index (χ1) is 7.26. The van der Waals surface area contributed by atoms with Crippen molar-refractivity contribution in [2.75, 3.05) is 33.3 Å². The Kier molecular flexibility index (Phi) is 3.26. The van der Waals surface area contributed by atoms with Crippen LogP contribution < -0.4 is 5.32 Å². The molecule has 0 aliphatic carbocycles. The summed E-state index contributed by atoms with van der Waals surface area (Å²) in [5.41, 5.74) is 0.00164. The molecule has 0 radical (unpaired) electrons. The van der Waals surface area contributed by atoms with Gasteiger partial charge in [-0.2, -0.15) is 0 Å². The minimum absolute atomic E-state index is 0.00164. The van der Waals surface area contributed by atoms with Crippen molar-refractivity contribution in [3.05, 3.63) is 0 Å². The summed E-state index contributed by atoms with van der Waals surface area (Å²) in [6.45, 7) is 2.97. The van der Waals surface area contributed by atoms with Crippen LogP contribution in [-0.4, -0.2) is 49.7 Å². The van der Waals surface area contributed by atoms with E-state index >= 15 is 0 Å². The molecular weight excluding hydrogens is 192 g/mol. The number of hydrogen-bond donors (Lipinski definition) is 1. The molecular formula is C11H20N2O2. The van der Waals surface area contributed by atoms with Gasteiger partial charge in [-0.25, -0.2) is 0 Å². The Labute approximate surface area is 91.0 Å². The lowest BCUT2D eigenvalue weighted by atomic mass is 9.93. The lowest BCUT2D eigenvalue weighted by molar-refractivity contribution is -0.131. The molecule has 0 aromatic carbocycles. The first-order valence-corrected chi connectivity index (χ1v) is 5.82. The molecule has 2 fully saturated rings. The number of nitrogens with zero attached hydrogens (tertiary/aromatic N) is 1. The average molecular weight is 212 g/mol. The van der Waals surface area contributed by atoms with Crippen molar-refractivity contribution < 1.29 is 9.53 Å². The summed E-state index contributed by atoms with van der Waals surface area (Å²) < 4.78 is 5.87. The predicted molar refractivity (Wildman–Crippen MR) is 57.7 cm³/mol. The topological polar surface area (TPSA) is 41.6 Å². The molecule has 1 atom stereocenters. The van der Waals surface area contributed by atoms with Gasteiger partial charge in [-0.1, -0.05) is 0 Å². The zero-order chi connectivity index (χ0) is 10.7. The van der Waals surface area contributed by atoms with Crippen molar-refractivity contribution >= 4 is 5.91 Å². The van der Waals surface area contributed by atoms with Crippen LogP contribution in [0.25, 0.3) is 0 Å². The standard InChI is InChI=1S/C11H20N2O2/c1-12-8-10(14)13-6-5-11(9-13)4-2-3-7-15-11/h12H,2-9H2,1H3. The Morgan fingerprint density at radius 1 is 1.47 bits per heavy atom. The Morgan fingerprint density at radius 2 is 2.33 bits per heavy atom. The van der Waals surface area contributed by atoms with Crippen molar-refractivity contribution in [1.29, 1.82) is 0 Å². The second-order valence-electron chi connectivity index (χ2n) is 4.58. The number of rotatable bonds is 2. The minimum atomic E-state index is 0.00164. The van der Waals surface area contributed by atoms with Crippen LogP contribution in [0.5, 0.6) is 0 Å². The molecule has 4 nitrogen and oxygen atoms in total. The maximum absolute atomic E-state index is 11.7. The summed E-state index contributed by atoms with van der Waals surface area (Å²) in [7, 11) is 1.81. The zero-order valence-electron chi connectivity index (χ0n) is 9.42. The third-order valence-corrected chi connectivity index (χ3v) is 3.43. The van der Waals surface area contributed by atoms with Gasteiger partial charge in [-0.15, -0.1) is 0 Å². The molecule has 0 saturated carbocycles. The number of ether oxygens (including phenoxy) is 1. The smallest absolute Gasteiger partial charge is 0.236 e. The summed E-state index contributed by atoms with van der Waals surface area (Å²) in [4.78, 5) is 13.6. The van der Waals surface area contributed by atoms with Crippen molar-refractivity contribution in [1.82, 2.24) is 10.2 Å². The zero-order valence-corrected chi connectivity index (χ0v) is 9.42. The maximum Gasteiger partial charge on any atom is 0.236 e. The molecule has 2 aliphatic rings. The Bertz CT molecular complexity index is 237. The number of nitrogens with one attached hydrogen (secondary N) is 1. The second kappa shape index (κ2) is 4.49. The highest BCUT2D eigenvalue weighted by Gasteiger charge is 2.41. The van der Waals surface area contributed by atoms with E-state index in [0.29, 0.717) is 6.54 Å². The van der Waals surface area contributed by atoms with Gasteiger partial charge in [0.05, 0.1) is 12.1 Å². The Hall–Kier alpha value is -0.610. The van der Waals surface area contributed by atoms with E-state index in [0.717, 1.165) is 32.5 Å². The fourth-order valence-corrected chi connectivity index (χ4v) is 2.55. The van der Waals surface area contributed by atoms with Gasteiger partial charge in [-0.05, 0) is 32.7 Å². The predicted octanol–water partition coefficient (Wildman–Crippen LogP) is 0.377. The highest BCUT2D eigenvalue weighted by atomic mass is 16.5. The van der Waals surface area contributed by atoms with E-state index in [1.54, 1.807) is 7.05 Å². The largest absolute Gasteiger partial charge is 0.373 e. The van der Waals surface area contributed by atoms with E-state index in [1.807, 2.05) is 4.90 Å². The number of carbonyl (C=O) groups excluding carboxylic acids is 1. The van der Waals surface area contributed by atoms with Crippen molar-refractivity contribution in [3.63, 3.8) is 0 Å².